The van der Waals surface area contributed by atoms with Crippen LogP contribution in [0.1, 0.15) is 39.4 Å². The van der Waals surface area contributed by atoms with Crippen LogP contribution in [-0.2, 0) is 17.8 Å². The zero-order chi connectivity index (χ0) is 13.7. The zero-order valence-corrected chi connectivity index (χ0v) is 11.4. The van der Waals surface area contributed by atoms with Gasteiger partial charge >= 0.3 is 5.97 Å². The molecule has 0 aliphatic carbocycles. The molecule has 0 saturated heterocycles. The lowest BCUT2D eigenvalue weighted by molar-refractivity contribution is -0.139. The van der Waals surface area contributed by atoms with Crippen molar-refractivity contribution in [2.75, 3.05) is 6.54 Å². The Hall–Kier alpha value is -1.43. The van der Waals surface area contributed by atoms with Crippen molar-refractivity contribution in [3.8, 4) is 0 Å². The van der Waals surface area contributed by atoms with Gasteiger partial charge in [0.25, 0.3) is 0 Å². The van der Waals surface area contributed by atoms with Crippen LogP contribution in [0.2, 0.25) is 0 Å². The molecular formula is C12H21N3O3. The quantitative estimate of drug-likeness (QED) is 0.796. The van der Waals surface area contributed by atoms with Crippen LogP contribution < -0.4 is 0 Å². The monoisotopic (exact) mass is 255 g/mol. The second-order valence-electron chi connectivity index (χ2n) is 5.09. The Labute approximate surface area is 107 Å². The Kier molecular flexibility index (Phi) is 5.27. The number of carboxylic acid groups (broad SMARTS) is 1. The molecule has 0 amide bonds. The van der Waals surface area contributed by atoms with Gasteiger partial charge in [0.2, 0.25) is 5.89 Å². The van der Waals surface area contributed by atoms with Crippen LogP contribution in [-0.4, -0.2) is 38.7 Å². The van der Waals surface area contributed by atoms with Crippen LogP contribution in [0.5, 0.6) is 0 Å². The van der Waals surface area contributed by atoms with E-state index in [9.17, 15) is 4.79 Å². The van der Waals surface area contributed by atoms with E-state index < -0.39 is 5.97 Å². The lowest BCUT2D eigenvalue weighted by Crippen LogP contribution is -2.35. The lowest BCUT2D eigenvalue weighted by Gasteiger charge is -2.22. The van der Waals surface area contributed by atoms with E-state index in [1.54, 1.807) is 4.90 Å². The molecule has 18 heavy (non-hydrogen) atoms. The third kappa shape index (κ3) is 4.83. The summed E-state index contributed by atoms with van der Waals surface area (Å²) in [4.78, 5) is 16.8. The molecule has 1 heterocycles. The average Bonchev–Trinajstić information content (AvgIpc) is 2.62. The van der Waals surface area contributed by atoms with E-state index >= 15 is 0 Å². The molecule has 102 valence electrons. The van der Waals surface area contributed by atoms with Crippen molar-refractivity contribution < 1.29 is 14.4 Å². The molecule has 6 heteroatoms. The predicted octanol–water partition coefficient (Wildman–Crippen LogP) is 1.56. The fourth-order valence-electron chi connectivity index (χ4n) is 1.56. The Balaban J connectivity index is 2.63. The van der Waals surface area contributed by atoms with Gasteiger partial charge in [0.1, 0.15) is 0 Å². The van der Waals surface area contributed by atoms with E-state index in [1.807, 2.05) is 13.8 Å². The van der Waals surface area contributed by atoms with Crippen molar-refractivity contribution in [3.63, 3.8) is 0 Å². The van der Waals surface area contributed by atoms with Gasteiger partial charge in [0.15, 0.2) is 5.82 Å². The highest BCUT2D eigenvalue weighted by Crippen LogP contribution is 2.09. The third-order valence-electron chi connectivity index (χ3n) is 2.51. The van der Waals surface area contributed by atoms with Crippen LogP contribution in [0, 0.1) is 5.92 Å². The third-order valence-corrected chi connectivity index (χ3v) is 2.51. The van der Waals surface area contributed by atoms with Crippen molar-refractivity contribution in [2.45, 2.75) is 46.7 Å². The Morgan fingerprint density at radius 1 is 1.39 bits per heavy atom. The summed E-state index contributed by atoms with van der Waals surface area (Å²) >= 11 is 0. The highest BCUT2D eigenvalue weighted by atomic mass is 16.5. The molecular weight excluding hydrogens is 234 g/mol. The van der Waals surface area contributed by atoms with Gasteiger partial charge in [-0.3, -0.25) is 9.69 Å². The van der Waals surface area contributed by atoms with Crippen molar-refractivity contribution in [1.82, 2.24) is 15.0 Å². The summed E-state index contributed by atoms with van der Waals surface area (Å²) in [7, 11) is 0. The number of aromatic nitrogens is 2. The van der Waals surface area contributed by atoms with Crippen molar-refractivity contribution in [3.05, 3.63) is 11.7 Å². The number of carbonyl (C=O) groups is 1. The summed E-state index contributed by atoms with van der Waals surface area (Å²) in [6, 6.07) is 0.119. The fraction of sp³-hybridized carbons (Fsp3) is 0.750. The molecule has 0 aromatic carbocycles. The van der Waals surface area contributed by atoms with Gasteiger partial charge in [-0.25, -0.2) is 0 Å². The lowest BCUT2D eigenvalue weighted by atomic mass is 10.1. The normalized spacial score (nSPS) is 11.7. The van der Waals surface area contributed by atoms with E-state index in [0.29, 0.717) is 24.2 Å². The first kappa shape index (κ1) is 14.6. The highest BCUT2D eigenvalue weighted by molar-refractivity contribution is 5.69. The second kappa shape index (κ2) is 6.49. The van der Waals surface area contributed by atoms with Gasteiger partial charge < -0.3 is 9.63 Å². The summed E-state index contributed by atoms with van der Waals surface area (Å²) in [6.45, 7) is 8.41. The molecule has 0 spiro atoms. The van der Waals surface area contributed by atoms with Gasteiger partial charge in [-0.2, -0.15) is 4.98 Å². The maximum absolute atomic E-state index is 10.7. The second-order valence-corrected chi connectivity index (χ2v) is 5.09. The largest absolute Gasteiger partial charge is 0.480 e. The minimum Gasteiger partial charge on any atom is -0.480 e. The highest BCUT2D eigenvalue weighted by Gasteiger charge is 2.17. The molecule has 0 bridgehead atoms. The maximum atomic E-state index is 10.7. The van der Waals surface area contributed by atoms with E-state index in [2.05, 4.69) is 24.0 Å². The van der Waals surface area contributed by atoms with Crippen LogP contribution >= 0.6 is 0 Å². The smallest absolute Gasteiger partial charge is 0.317 e. The van der Waals surface area contributed by atoms with Crippen LogP contribution in [0.3, 0.4) is 0 Å². The molecule has 0 aliphatic heterocycles. The molecule has 0 saturated carbocycles. The van der Waals surface area contributed by atoms with Crippen LogP contribution in [0.4, 0.5) is 0 Å². The molecule has 0 radical (unpaired) electrons. The van der Waals surface area contributed by atoms with Gasteiger partial charge in [-0.15, -0.1) is 0 Å². The van der Waals surface area contributed by atoms with Crippen molar-refractivity contribution >= 4 is 5.97 Å². The maximum Gasteiger partial charge on any atom is 0.317 e. The Morgan fingerprint density at radius 2 is 2.06 bits per heavy atom. The molecule has 0 atom stereocenters. The van der Waals surface area contributed by atoms with E-state index in [-0.39, 0.29) is 12.6 Å². The van der Waals surface area contributed by atoms with Crippen LogP contribution in [0.25, 0.3) is 0 Å². The van der Waals surface area contributed by atoms with Gasteiger partial charge in [0, 0.05) is 12.5 Å². The number of hydrogen-bond acceptors (Lipinski definition) is 5. The van der Waals surface area contributed by atoms with Crippen molar-refractivity contribution in [1.29, 1.82) is 0 Å². The topological polar surface area (TPSA) is 79.5 Å². The summed E-state index contributed by atoms with van der Waals surface area (Å²) < 4.78 is 5.13. The first-order valence-electron chi connectivity index (χ1n) is 6.15. The number of nitrogens with zero attached hydrogens (tertiary/aromatic N) is 3. The van der Waals surface area contributed by atoms with Gasteiger partial charge in [-0.1, -0.05) is 19.0 Å². The minimum absolute atomic E-state index is 0.0221. The van der Waals surface area contributed by atoms with Crippen molar-refractivity contribution in [2.24, 2.45) is 5.92 Å². The molecule has 1 aromatic rings. The standard InChI is InChI=1S/C12H21N3O3/c1-8(2)5-11-13-10(14-18-11)6-15(9(3)4)7-12(16)17/h8-9H,5-7H2,1-4H3,(H,16,17). The molecule has 1 aromatic heterocycles. The minimum atomic E-state index is -0.852. The Bertz CT molecular complexity index is 388. The summed E-state index contributed by atoms with van der Waals surface area (Å²) in [6.07, 6.45) is 0.744. The van der Waals surface area contributed by atoms with E-state index in [4.69, 9.17) is 9.63 Å². The SMILES string of the molecule is CC(C)Cc1nc(CN(CC(=O)O)C(C)C)no1. The number of carboxylic acids is 1. The first-order valence-corrected chi connectivity index (χ1v) is 6.15. The first-order chi connectivity index (χ1) is 8.38. The molecule has 1 rings (SSSR count). The van der Waals surface area contributed by atoms with Gasteiger partial charge in [0.05, 0.1) is 13.1 Å². The summed E-state index contributed by atoms with van der Waals surface area (Å²) in [5.41, 5.74) is 0. The summed E-state index contributed by atoms with van der Waals surface area (Å²) in [5, 5.41) is 12.7. The molecule has 0 fully saturated rings. The van der Waals surface area contributed by atoms with Gasteiger partial charge in [-0.05, 0) is 19.8 Å². The van der Waals surface area contributed by atoms with E-state index in [1.165, 1.54) is 0 Å². The number of rotatable bonds is 7. The van der Waals surface area contributed by atoms with Crippen LogP contribution in [0.15, 0.2) is 4.52 Å². The average molecular weight is 255 g/mol. The van der Waals surface area contributed by atoms with E-state index in [0.717, 1.165) is 6.42 Å². The molecule has 6 nitrogen and oxygen atoms in total. The molecule has 0 aliphatic rings. The zero-order valence-electron chi connectivity index (χ0n) is 11.4. The molecule has 1 N–H and O–H groups in total. The number of hydrogen-bond donors (Lipinski definition) is 1. The summed E-state index contributed by atoms with van der Waals surface area (Å²) in [5.74, 6) is 0.757. The predicted molar refractivity (Wildman–Crippen MR) is 66.0 cm³/mol. The number of aliphatic carboxylic acids is 1. The molecule has 0 unspecified atom stereocenters. The fourth-order valence-corrected chi connectivity index (χ4v) is 1.56. The Morgan fingerprint density at radius 3 is 2.56 bits per heavy atom.